The van der Waals surface area contributed by atoms with Gasteiger partial charge in [-0.05, 0) is 55.7 Å². The van der Waals surface area contributed by atoms with Crippen molar-refractivity contribution in [1.82, 2.24) is 0 Å². The molecule has 0 amide bonds. The zero-order valence-corrected chi connectivity index (χ0v) is 9.91. The van der Waals surface area contributed by atoms with Crippen molar-refractivity contribution >= 4 is 17.7 Å². The fourth-order valence-electron chi connectivity index (χ4n) is 1.61. The van der Waals surface area contributed by atoms with Crippen LogP contribution < -0.4 is 5.73 Å². The Morgan fingerprint density at radius 1 is 1.38 bits per heavy atom. The maximum Gasteiger partial charge on any atom is 0.330 e. The second-order valence-corrected chi connectivity index (χ2v) is 3.65. The summed E-state index contributed by atoms with van der Waals surface area (Å²) in [5.41, 5.74) is 9.58. The molecule has 0 unspecified atom stereocenters. The first-order valence-corrected chi connectivity index (χ1v) is 5.26. The standard InChI is InChI=1S/C13H17NO2/c1-4-16-13(15)6-5-12-9(2)7-11(14)8-10(12)3/h5-8H,4,14H2,1-3H3. The van der Waals surface area contributed by atoms with E-state index in [0.29, 0.717) is 6.61 Å². The van der Waals surface area contributed by atoms with Crippen LogP contribution in [0.5, 0.6) is 0 Å². The fraction of sp³-hybridized carbons (Fsp3) is 0.308. The first-order valence-electron chi connectivity index (χ1n) is 5.26. The van der Waals surface area contributed by atoms with E-state index < -0.39 is 0 Å². The normalized spacial score (nSPS) is 10.7. The highest BCUT2D eigenvalue weighted by molar-refractivity contribution is 5.87. The number of aryl methyl sites for hydroxylation is 2. The number of hydrogen-bond acceptors (Lipinski definition) is 3. The van der Waals surface area contributed by atoms with Gasteiger partial charge in [-0.15, -0.1) is 0 Å². The molecule has 0 aromatic heterocycles. The fourth-order valence-corrected chi connectivity index (χ4v) is 1.61. The van der Waals surface area contributed by atoms with Crippen LogP contribution in [0.2, 0.25) is 0 Å². The zero-order valence-electron chi connectivity index (χ0n) is 9.91. The van der Waals surface area contributed by atoms with E-state index in [1.807, 2.05) is 26.0 Å². The molecule has 0 saturated heterocycles. The van der Waals surface area contributed by atoms with E-state index in [9.17, 15) is 4.79 Å². The highest BCUT2D eigenvalue weighted by Gasteiger charge is 2.01. The Bertz CT molecular complexity index is 399. The van der Waals surface area contributed by atoms with Gasteiger partial charge in [0, 0.05) is 11.8 Å². The molecule has 0 saturated carbocycles. The predicted molar refractivity (Wildman–Crippen MR) is 66.0 cm³/mol. The summed E-state index contributed by atoms with van der Waals surface area (Å²) in [7, 11) is 0. The highest BCUT2D eigenvalue weighted by Crippen LogP contribution is 2.19. The number of rotatable bonds is 3. The minimum absolute atomic E-state index is 0.321. The average molecular weight is 219 g/mol. The van der Waals surface area contributed by atoms with Crippen LogP contribution in [0.1, 0.15) is 23.6 Å². The lowest BCUT2D eigenvalue weighted by Gasteiger charge is -2.06. The molecular weight excluding hydrogens is 202 g/mol. The Hall–Kier alpha value is -1.77. The monoisotopic (exact) mass is 219 g/mol. The van der Waals surface area contributed by atoms with Gasteiger partial charge >= 0.3 is 5.97 Å². The zero-order chi connectivity index (χ0) is 12.1. The average Bonchev–Trinajstić information content (AvgIpc) is 2.16. The third kappa shape index (κ3) is 3.12. The van der Waals surface area contributed by atoms with Crippen molar-refractivity contribution in [2.45, 2.75) is 20.8 Å². The third-order valence-electron chi connectivity index (χ3n) is 2.29. The van der Waals surface area contributed by atoms with Crippen LogP contribution in [0, 0.1) is 13.8 Å². The van der Waals surface area contributed by atoms with Crippen LogP contribution in [0.25, 0.3) is 6.08 Å². The van der Waals surface area contributed by atoms with Crippen molar-refractivity contribution in [2.24, 2.45) is 0 Å². The maximum absolute atomic E-state index is 11.2. The second-order valence-electron chi connectivity index (χ2n) is 3.65. The molecule has 0 aliphatic carbocycles. The summed E-state index contributed by atoms with van der Waals surface area (Å²) in [5.74, 6) is -0.321. The lowest BCUT2D eigenvalue weighted by molar-refractivity contribution is -0.137. The number of carbonyl (C=O) groups is 1. The van der Waals surface area contributed by atoms with Gasteiger partial charge in [-0.2, -0.15) is 0 Å². The van der Waals surface area contributed by atoms with Crippen molar-refractivity contribution in [2.75, 3.05) is 12.3 Å². The first kappa shape index (κ1) is 12.3. The molecule has 0 heterocycles. The van der Waals surface area contributed by atoms with E-state index in [0.717, 1.165) is 22.4 Å². The lowest BCUT2D eigenvalue weighted by atomic mass is 10.0. The Kier molecular flexibility index (Phi) is 4.11. The SMILES string of the molecule is CCOC(=O)C=Cc1c(C)cc(N)cc1C. The molecular formula is C13H17NO2. The van der Waals surface area contributed by atoms with Crippen LogP contribution in [0.15, 0.2) is 18.2 Å². The summed E-state index contributed by atoms with van der Waals surface area (Å²) >= 11 is 0. The maximum atomic E-state index is 11.2. The van der Waals surface area contributed by atoms with Crippen molar-refractivity contribution in [3.63, 3.8) is 0 Å². The summed E-state index contributed by atoms with van der Waals surface area (Å²) < 4.78 is 4.82. The Morgan fingerprint density at radius 3 is 2.44 bits per heavy atom. The summed E-state index contributed by atoms with van der Waals surface area (Å²) in [5, 5.41) is 0. The van der Waals surface area contributed by atoms with Gasteiger partial charge in [0.25, 0.3) is 0 Å². The Labute approximate surface area is 95.9 Å². The van der Waals surface area contributed by atoms with Gasteiger partial charge in [0.05, 0.1) is 6.61 Å². The summed E-state index contributed by atoms with van der Waals surface area (Å²) in [6.07, 6.45) is 3.21. The van der Waals surface area contributed by atoms with Crippen LogP contribution in [0.3, 0.4) is 0 Å². The molecule has 1 aromatic carbocycles. The molecule has 16 heavy (non-hydrogen) atoms. The second kappa shape index (κ2) is 5.35. The van der Waals surface area contributed by atoms with Crippen LogP contribution >= 0.6 is 0 Å². The molecule has 0 spiro atoms. The van der Waals surface area contributed by atoms with Crippen LogP contribution in [-0.2, 0) is 9.53 Å². The topological polar surface area (TPSA) is 52.3 Å². The third-order valence-corrected chi connectivity index (χ3v) is 2.29. The lowest BCUT2D eigenvalue weighted by Crippen LogP contribution is -1.99. The largest absolute Gasteiger partial charge is 0.463 e. The van der Waals surface area contributed by atoms with E-state index in [4.69, 9.17) is 10.5 Å². The molecule has 1 aromatic rings. The summed E-state index contributed by atoms with van der Waals surface area (Å²) in [6, 6.07) is 3.77. The number of esters is 1. The Balaban J connectivity index is 2.93. The van der Waals surface area contributed by atoms with E-state index in [1.165, 1.54) is 6.08 Å². The molecule has 0 fully saturated rings. The van der Waals surface area contributed by atoms with Crippen LogP contribution in [0.4, 0.5) is 5.69 Å². The number of nitrogens with two attached hydrogens (primary N) is 1. The number of hydrogen-bond donors (Lipinski definition) is 1. The predicted octanol–water partition coefficient (Wildman–Crippen LogP) is 2.46. The molecule has 1 rings (SSSR count). The van der Waals surface area contributed by atoms with Gasteiger partial charge in [-0.1, -0.05) is 0 Å². The molecule has 3 heteroatoms. The molecule has 2 N–H and O–H groups in total. The number of anilines is 1. The van der Waals surface area contributed by atoms with Crippen LogP contribution in [-0.4, -0.2) is 12.6 Å². The minimum atomic E-state index is -0.321. The van der Waals surface area contributed by atoms with Gasteiger partial charge in [0.1, 0.15) is 0 Å². The van der Waals surface area contributed by atoms with Gasteiger partial charge in [-0.25, -0.2) is 4.79 Å². The van der Waals surface area contributed by atoms with Gasteiger partial charge in [-0.3, -0.25) is 0 Å². The molecule has 0 aliphatic rings. The van der Waals surface area contributed by atoms with Crippen molar-refractivity contribution in [1.29, 1.82) is 0 Å². The van der Waals surface area contributed by atoms with E-state index in [2.05, 4.69) is 0 Å². The van der Waals surface area contributed by atoms with Gasteiger partial charge in [0.15, 0.2) is 0 Å². The summed E-state index contributed by atoms with van der Waals surface area (Å²) in [6.45, 7) is 6.11. The molecule has 0 aliphatic heterocycles. The molecule has 0 bridgehead atoms. The highest BCUT2D eigenvalue weighted by atomic mass is 16.5. The Morgan fingerprint density at radius 2 is 1.94 bits per heavy atom. The minimum Gasteiger partial charge on any atom is -0.463 e. The smallest absolute Gasteiger partial charge is 0.330 e. The number of ether oxygens (including phenoxy) is 1. The van der Waals surface area contributed by atoms with E-state index in [-0.39, 0.29) is 5.97 Å². The molecule has 86 valence electrons. The van der Waals surface area contributed by atoms with Crippen molar-refractivity contribution < 1.29 is 9.53 Å². The van der Waals surface area contributed by atoms with E-state index in [1.54, 1.807) is 13.0 Å². The molecule has 0 atom stereocenters. The first-order chi connectivity index (χ1) is 7.54. The van der Waals surface area contributed by atoms with Gasteiger partial charge in [0.2, 0.25) is 0 Å². The molecule has 0 radical (unpaired) electrons. The summed E-state index contributed by atoms with van der Waals surface area (Å²) in [4.78, 5) is 11.2. The van der Waals surface area contributed by atoms with E-state index >= 15 is 0 Å². The molecule has 3 nitrogen and oxygen atoms in total. The number of benzene rings is 1. The number of carbonyl (C=O) groups excluding carboxylic acids is 1. The quantitative estimate of drug-likeness (QED) is 0.482. The number of nitrogen functional groups attached to an aromatic ring is 1. The van der Waals surface area contributed by atoms with Crippen molar-refractivity contribution in [3.05, 3.63) is 34.9 Å². The van der Waals surface area contributed by atoms with Gasteiger partial charge < -0.3 is 10.5 Å². The van der Waals surface area contributed by atoms with Crippen molar-refractivity contribution in [3.8, 4) is 0 Å².